The highest BCUT2D eigenvalue weighted by Crippen LogP contribution is 2.22. The average molecular weight is 445 g/mol. The number of hydrogen-bond donors (Lipinski definition) is 2. The van der Waals surface area contributed by atoms with E-state index in [9.17, 15) is 18.0 Å². The second-order valence-electron chi connectivity index (χ2n) is 6.19. The van der Waals surface area contributed by atoms with E-state index in [0.717, 1.165) is 11.3 Å². The number of ether oxygens (including phenoxy) is 1. The molecule has 1 amide bonds. The van der Waals surface area contributed by atoms with E-state index in [1.807, 2.05) is 0 Å². The van der Waals surface area contributed by atoms with E-state index in [1.165, 1.54) is 12.1 Å². The van der Waals surface area contributed by atoms with Gasteiger partial charge in [0.15, 0.2) is 0 Å². The summed E-state index contributed by atoms with van der Waals surface area (Å²) >= 11 is 1.06. The Balaban J connectivity index is 1.86. The molecule has 0 spiro atoms. The van der Waals surface area contributed by atoms with Gasteiger partial charge in [0.25, 0.3) is 10.0 Å². The lowest BCUT2D eigenvalue weighted by Gasteiger charge is -2.19. The van der Waals surface area contributed by atoms with Gasteiger partial charge in [-0.2, -0.15) is 4.72 Å². The van der Waals surface area contributed by atoms with Crippen LogP contribution in [0.4, 0.5) is 5.69 Å². The van der Waals surface area contributed by atoms with Crippen molar-refractivity contribution in [2.45, 2.75) is 17.2 Å². The van der Waals surface area contributed by atoms with Crippen molar-refractivity contribution in [3.8, 4) is 0 Å². The van der Waals surface area contributed by atoms with E-state index in [0.29, 0.717) is 11.3 Å². The van der Waals surface area contributed by atoms with Crippen LogP contribution < -0.4 is 10.0 Å². The number of sulfonamides is 1. The van der Waals surface area contributed by atoms with Gasteiger partial charge in [-0.15, -0.1) is 11.3 Å². The minimum atomic E-state index is -3.90. The van der Waals surface area contributed by atoms with Crippen molar-refractivity contribution in [2.24, 2.45) is 0 Å². The largest absolute Gasteiger partial charge is 0.462 e. The number of hydrogen-bond acceptors (Lipinski definition) is 6. The zero-order valence-electron chi connectivity index (χ0n) is 16.1. The molecule has 0 bridgehead atoms. The van der Waals surface area contributed by atoms with E-state index in [2.05, 4.69) is 10.0 Å². The first-order chi connectivity index (χ1) is 14.4. The van der Waals surface area contributed by atoms with Crippen LogP contribution in [-0.4, -0.2) is 26.9 Å². The minimum Gasteiger partial charge on any atom is -0.462 e. The topological polar surface area (TPSA) is 102 Å². The highest BCUT2D eigenvalue weighted by atomic mass is 32.2. The first-order valence-corrected chi connectivity index (χ1v) is 11.5. The highest BCUT2D eigenvalue weighted by molar-refractivity contribution is 7.91. The number of rotatable bonds is 8. The lowest BCUT2D eigenvalue weighted by Crippen LogP contribution is -2.36. The molecule has 1 unspecified atom stereocenters. The molecule has 30 heavy (non-hydrogen) atoms. The van der Waals surface area contributed by atoms with Crippen molar-refractivity contribution in [1.82, 2.24) is 4.72 Å². The number of anilines is 1. The van der Waals surface area contributed by atoms with Crippen LogP contribution in [-0.2, 0) is 19.6 Å². The Morgan fingerprint density at radius 1 is 1.03 bits per heavy atom. The van der Waals surface area contributed by atoms with E-state index in [-0.39, 0.29) is 16.4 Å². The molecule has 2 aromatic carbocycles. The predicted molar refractivity (Wildman–Crippen MR) is 115 cm³/mol. The molecule has 1 heterocycles. The average Bonchev–Trinajstić information content (AvgIpc) is 3.29. The number of amides is 1. The van der Waals surface area contributed by atoms with Crippen molar-refractivity contribution < 1.29 is 22.7 Å². The summed E-state index contributed by atoms with van der Waals surface area (Å²) in [5, 5.41) is 4.32. The SMILES string of the molecule is CCOC(=O)c1cccc(NC(=O)C(NS(=O)(=O)c2cccs2)c2ccccc2)c1. The van der Waals surface area contributed by atoms with Crippen LogP contribution in [0.25, 0.3) is 0 Å². The van der Waals surface area contributed by atoms with Crippen LogP contribution in [0, 0.1) is 0 Å². The van der Waals surface area contributed by atoms with Gasteiger partial charge in [0.2, 0.25) is 5.91 Å². The number of thiophene rings is 1. The lowest BCUT2D eigenvalue weighted by molar-refractivity contribution is -0.117. The number of esters is 1. The molecule has 0 saturated heterocycles. The van der Waals surface area contributed by atoms with E-state index in [1.54, 1.807) is 66.9 Å². The summed E-state index contributed by atoms with van der Waals surface area (Å²) in [5.41, 5.74) is 1.11. The van der Waals surface area contributed by atoms with Crippen molar-refractivity contribution in [3.63, 3.8) is 0 Å². The Morgan fingerprint density at radius 2 is 1.80 bits per heavy atom. The summed E-state index contributed by atoms with van der Waals surface area (Å²) in [7, 11) is -3.90. The van der Waals surface area contributed by atoms with Gasteiger partial charge in [0, 0.05) is 5.69 Å². The Bertz CT molecular complexity index is 1110. The molecule has 0 radical (unpaired) electrons. The molecule has 2 N–H and O–H groups in total. The van der Waals surface area contributed by atoms with Gasteiger partial charge in [-0.25, -0.2) is 13.2 Å². The molecule has 1 atom stereocenters. The van der Waals surface area contributed by atoms with Gasteiger partial charge < -0.3 is 10.1 Å². The maximum atomic E-state index is 13.0. The van der Waals surface area contributed by atoms with Gasteiger partial charge in [0.05, 0.1) is 12.2 Å². The maximum absolute atomic E-state index is 13.0. The fraction of sp³-hybridized carbons (Fsp3) is 0.143. The molecular formula is C21H20N2O5S2. The number of carbonyl (C=O) groups is 2. The van der Waals surface area contributed by atoms with E-state index >= 15 is 0 Å². The highest BCUT2D eigenvalue weighted by Gasteiger charge is 2.28. The van der Waals surface area contributed by atoms with Crippen LogP contribution in [0.1, 0.15) is 28.9 Å². The second-order valence-corrected chi connectivity index (χ2v) is 9.08. The Morgan fingerprint density at radius 3 is 2.47 bits per heavy atom. The van der Waals surface area contributed by atoms with Gasteiger partial charge in [-0.3, -0.25) is 4.79 Å². The van der Waals surface area contributed by atoms with Crippen LogP contribution in [0.5, 0.6) is 0 Å². The van der Waals surface area contributed by atoms with Gasteiger partial charge >= 0.3 is 5.97 Å². The molecule has 7 nitrogen and oxygen atoms in total. The van der Waals surface area contributed by atoms with Gasteiger partial charge in [-0.05, 0) is 42.1 Å². The third-order valence-corrected chi connectivity index (χ3v) is 6.89. The lowest BCUT2D eigenvalue weighted by atomic mass is 10.1. The maximum Gasteiger partial charge on any atom is 0.338 e. The van der Waals surface area contributed by atoms with Crippen LogP contribution >= 0.6 is 11.3 Å². The number of carbonyl (C=O) groups excluding carboxylic acids is 2. The van der Waals surface area contributed by atoms with Gasteiger partial charge in [0.1, 0.15) is 10.3 Å². The zero-order chi connectivity index (χ0) is 21.6. The monoisotopic (exact) mass is 444 g/mol. The van der Waals surface area contributed by atoms with Crippen LogP contribution in [0.2, 0.25) is 0 Å². The minimum absolute atomic E-state index is 0.112. The first kappa shape index (κ1) is 21.7. The molecule has 0 aliphatic rings. The van der Waals surface area contributed by atoms with Gasteiger partial charge in [-0.1, -0.05) is 42.5 Å². The fourth-order valence-electron chi connectivity index (χ4n) is 2.70. The van der Waals surface area contributed by atoms with Crippen molar-refractivity contribution in [3.05, 3.63) is 83.2 Å². The second kappa shape index (κ2) is 9.66. The third-order valence-electron chi connectivity index (χ3n) is 4.07. The first-order valence-electron chi connectivity index (χ1n) is 9.09. The summed E-state index contributed by atoms with van der Waals surface area (Å²) in [5.74, 6) is -1.09. The normalized spacial score (nSPS) is 12.2. The van der Waals surface area contributed by atoms with Crippen molar-refractivity contribution in [1.29, 1.82) is 0 Å². The number of nitrogens with one attached hydrogen (secondary N) is 2. The molecule has 156 valence electrons. The molecule has 0 aliphatic heterocycles. The quantitative estimate of drug-likeness (QED) is 0.517. The molecule has 9 heteroatoms. The molecule has 0 fully saturated rings. The molecule has 0 saturated carbocycles. The molecule has 3 rings (SSSR count). The van der Waals surface area contributed by atoms with Crippen LogP contribution in [0.3, 0.4) is 0 Å². The van der Waals surface area contributed by atoms with Crippen molar-refractivity contribution in [2.75, 3.05) is 11.9 Å². The summed E-state index contributed by atoms with van der Waals surface area (Å²) in [6, 6.07) is 16.7. The molecule has 3 aromatic rings. The molecule has 1 aromatic heterocycles. The summed E-state index contributed by atoms with van der Waals surface area (Å²) in [6.45, 7) is 1.93. The predicted octanol–water partition coefficient (Wildman–Crippen LogP) is 3.58. The van der Waals surface area contributed by atoms with E-state index < -0.39 is 27.9 Å². The Kier molecular flexibility index (Phi) is 6.99. The Labute approximate surface area is 178 Å². The van der Waals surface area contributed by atoms with Crippen molar-refractivity contribution >= 4 is 38.9 Å². The standard InChI is InChI=1S/C21H20N2O5S2/c1-2-28-21(25)16-10-6-11-17(14-16)22-20(24)19(15-8-4-3-5-9-15)23-30(26,27)18-12-7-13-29-18/h3-14,19,23H,2H2,1H3,(H,22,24). The molecular weight excluding hydrogens is 424 g/mol. The number of benzene rings is 2. The summed E-state index contributed by atoms with van der Waals surface area (Å²) in [6.07, 6.45) is 0. The van der Waals surface area contributed by atoms with Crippen LogP contribution in [0.15, 0.2) is 76.3 Å². The molecule has 0 aliphatic carbocycles. The zero-order valence-corrected chi connectivity index (χ0v) is 17.7. The third kappa shape index (κ3) is 5.32. The Hall–Kier alpha value is -3.01. The fourth-order valence-corrected chi connectivity index (χ4v) is 4.89. The summed E-state index contributed by atoms with van der Waals surface area (Å²) < 4.78 is 33.0. The smallest absolute Gasteiger partial charge is 0.338 e. The van der Waals surface area contributed by atoms with E-state index in [4.69, 9.17) is 4.74 Å². The summed E-state index contributed by atoms with van der Waals surface area (Å²) in [4.78, 5) is 24.9.